The van der Waals surface area contributed by atoms with Crippen LogP contribution in [0.25, 0.3) is 0 Å². The van der Waals surface area contributed by atoms with Crippen molar-refractivity contribution in [2.24, 2.45) is 0 Å². The van der Waals surface area contributed by atoms with Gasteiger partial charge in [-0.05, 0) is 42.7 Å². The van der Waals surface area contributed by atoms with Crippen molar-refractivity contribution in [1.29, 1.82) is 0 Å². The zero-order valence-corrected chi connectivity index (χ0v) is 15.4. The Morgan fingerprint density at radius 3 is 2.59 bits per heavy atom. The summed E-state index contributed by atoms with van der Waals surface area (Å²) in [7, 11) is 0. The van der Waals surface area contributed by atoms with Crippen LogP contribution in [0.3, 0.4) is 0 Å². The van der Waals surface area contributed by atoms with E-state index in [1.165, 1.54) is 25.7 Å². The monoisotopic (exact) mass is 367 g/mol. The highest BCUT2D eigenvalue weighted by molar-refractivity contribution is 5.93. The Balaban J connectivity index is 1.38. The molecule has 0 aliphatic carbocycles. The molecule has 142 valence electrons. The number of amides is 2. The number of ether oxygens (including phenoxy) is 2. The highest BCUT2D eigenvalue weighted by Crippen LogP contribution is 2.32. The number of hydrogen-bond acceptors (Lipinski definition) is 4. The maximum Gasteiger partial charge on any atom is 0.319 e. The second kappa shape index (κ2) is 8.20. The molecular formula is C21H25N3O3. The third-order valence-electron chi connectivity index (χ3n) is 4.99. The highest BCUT2D eigenvalue weighted by Gasteiger charge is 2.16. The van der Waals surface area contributed by atoms with Gasteiger partial charge in [0.05, 0.1) is 11.4 Å². The average Bonchev–Trinajstić information content (AvgIpc) is 2.99. The molecule has 0 spiro atoms. The largest absolute Gasteiger partial charge is 0.454 e. The van der Waals surface area contributed by atoms with E-state index < -0.39 is 0 Å². The smallest absolute Gasteiger partial charge is 0.319 e. The number of urea groups is 1. The molecule has 0 atom stereocenters. The molecule has 2 amide bonds. The lowest BCUT2D eigenvalue weighted by Gasteiger charge is -2.25. The van der Waals surface area contributed by atoms with Gasteiger partial charge in [0, 0.05) is 19.6 Å². The maximum atomic E-state index is 12.4. The molecule has 2 aromatic rings. The molecule has 0 aromatic heterocycles. The first-order valence-corrected chi connectivity index (χ1v) is 9.57. The van der Waals surface area contributed by atoms with Gasteiger partial charge in [0.25, 0.3) is 0 Å². The number of carbonyl (C=O) groups excluding carboxylic acids is 1. The molecule has 0 radical (unpaired) electrons. The number of benzene rings is 2. The van der Waals surface area contributed by atoms with Gasteiger partial charge in [-0.15, -0.1) is 0 Å². The second-order valence-corrected chi connectivity index (χ2v) is 6.91. The van der Waals surface area contributed by atoms with Gasteiger partial charge in [0.15, 0.2) is 11.5 Å². The molecule has 4 rings (SSSR count). The molecule has 1 saturated heterocycles. The van der Waals surface area contributed by atoms with Gasteiger partial charge >= 0.3 is 6.03 Å². The normalized spacial score (nSPS) is 15.9. The predicted molar refractivity (Wildman–Crippen MR) is 106 cm³/mol. The van der Waals surface area contributed by atoms with Crippen LogP contribution in [0.15, 0.2) is 42.5 Å². The lowest BCUT2D eigenvalue weighted by molar-refractivity contribution is 0.174. The molecule has 2 aliphatic heterocycles. The van der Waals surface area contributed by atoms with Crippen molar-refractivity contribution in [2.45, 2.75) is 32.2 Å². The molecule has 0 saturated carbocycles. The summed E-state index contributed by atoms with van der Waals surface area (Å²) in [6.45, 7) is 2.75. The van der Waals surface area contributed by atoms with Crippen molar-refractivity contribution >= 4 is 17.4 Å². The topological polar surface area (TPSA) is 62.8 Å². The standard InChI is InChI=1S/C21H25N3O3/c25-21(22-14-16-9-10-19-20(13-16)27-15-26-19)23-17-7-3-4-8-18(17)24-11-5-1-2-6-12-24/h3-4,7-10,13H,1-2,5-6,11-12,14-15H2,(H2,22,23,25). The fourth-order valence-corrected chi connectivity index (χ4v) is 3.57. The lowest BCUT2D eigenvalue weighted by Crippen LogP contribution is -2.30. The number of fused-ring (bicyclic) bond motifs is 1. The van der Waals surface area contributed by atoms with Crippen LogP contribution in [0.1, 0.15) is 31.2 Å². The zero-order chi connectivity index (χ0) is 18.5. The van der Waals surface area contributed by atoms with Crippen molar-refractivity contribution in [3.63, 3.8) is 0 Å². The first-order chi connectivity index (χ1) is 13.3. The van der Waals surface area contributed by atoms with Crippen LogP contribution in [0, 0.1) is 0 Å². The Morgan fingerprint density at radius 1 is 0.963 bits per heavy atom. The minimum atomic E-state index is -0.213. The van der Waals surface area contributed by atoms with E-state index in [0.29, 0.717) is 6.54 Å². The van der Waals surface area contributed by atoms with E-state index in [0.717, 1.165) is 41.5 Å². The van der Waals surface area contributed by atoms with E-state index in [4.69, 9.17) is 9.47 Å². The minimum absolute atomic E-state index is 0.213. The third-order valence-corrected chi connectivity index (χ3v) is 4.99. The van der Waals surface area contributed by atoms with E-state index in [-0.39, 0.29) is 12.8 Å². The number of hydrogen-bond donors (Lipinski definition) is 2. The molecule has 1 fully saturated rings. The Kier molecular flexibility index (Phi) is 5.32. The molecule has 2 N–H and O–H groups in total. The first kappa shape index (κ1) is 17.5. The fraction of sp³-hybridized carbons (Fsp3) is 0.381. The van der Waals surface area contributed by atoms with Gasteiger partial charge < -0.3 is 25.0 Å². The molecule has 6 nitrogen and oxygen atoms in total. The maximum absolute atomic E-state index is 12.4. The van der Waals surface area contributed by atoms with Gasteiger partial charge in [-0.25, -0.2) is 4.79 Å². The van der Waals surface area contributed by atoms with Crippen LogP contribution in [-0.4, -0.2) is 25.9 Å². The van der Waals surface area contributed by atoms with E-state index in [1.54, 1.807) is 0 Å². The van der Waals surface area contributed by atoms with E-state index in [1.807, 2.05) is 36.4 Å². The van der Waals surface area contributed by atoms with Crippen molar-refractivity contribution in [3.8, 4) is 11.5 Å². The van der Waals surface area contributed by atoms with Crippen LogP contribution in [0.2, 0.25) is 0 Å². The summed E-state index contributed by atoms with van der Waals surface area (Å²) in [5.74, 6) is 1.47. The summed E-state index contributed by atoms with van der Waals surface area (Å²) < 4.78 is 10.7. The number of nitrogens with one attached hydrogen (secondary N) is 2. The summed E-state index contributed by atoms with van der Waals surface area (Å²) in [5, 5.41) is 5.92. The number of rotatable bonds is 4. The molecule has 2 aliphatic rings. The quantitative estimate of drug-likeness (QED) is 0.853. The molecule has 2 heterocycles. The van der Waals surface area contributed by atoms with Crippen LogP contribution in [-0.2, 0) is 6.54 Å². The van der Waals surface area contributed by atoms with Gasteiger partial charge in [-0.3, -0.25) is 0 Å². The van der Waals surface area contributed by atoms with Gasteiger partial charge in [-0.1, -0.05) is 31.0 Å². The summed E-state index contributed by atoms with van der Waals surface area (Å²) in [5.41, 5.74) is 2.91. The number of para-hydroxylation sites is 2. The second-order valence-electron chi connectivity index (χ2n) is 6.91. The van der Waals surface area contributed by atoms with E-state index >= 15 is 0 Å². The van der Waals surface area contributed by atoms with Crippen molar-refractivity contribution in [2.75, 3.05) is 30.1 Å². The van der Waals surface area contributed by atoms with E-state index in [9.17, 15) is 4.79 Å². The predicted octanol–water partition coefficient (Wildman–Crippen LogP) is 4.12. The number of anilines is 2. The van der Waals surface area contributed by atoms with Gasteiger partial charge in [-0.2, -0.15) is 0 Å². The highest BCUT2D eigenvalue weighted by atomic mass is 16.7. The average molecular weight is 367 g/mol. The van der Waals surface area contributed by atoms with Crippen LogP contribution in [0.4, 0.5) is 16.2 Å². The zero-order valence-electron chi connectivity index (χ0n) is 15.4. The molecule has 27 heavy (non-hydrogen) atoms. The third kappa shape index (κ3) is 4.27. The Bertz CT molecular complexity index is 801. The fourth-order valence-electron chi connectivity index (χ4n) is 3.57. The Hall–Kier alpha value is -2.89. The summed E-state index contributed by atoms with van der Waals surface area (Å²) in [6.07, 6.45) is 4.96. The minimum Gasteiger partial charge on any atom is -0.454 e. The SMILES string of the molecule is O=C(NCc1ccc2c(c1)OCO2)Nc1ccccc1N1CCCCCC1. The molecule has 2 aromatic carbocycles. The van der Waals surface area contributed by atoms with Gasteiger partial charge in [0.2, 0.25) is 6.79 Å². The summed E-state index contributed by atoms with van der Waals surface area (Å²) in [4.78, 5) is 14.8. The van der Waals surface area contributed by atoms with Crippen molar-refractivity contribution in [3.05, 3.63) is 48.0 Å². The lowest BCUT2D eigenvalue weighted by atomic mass is 10.2. The molecule has 0 bridgehead atoms. The van der Waals surface area contributed by atoms with Crippen LogP contribution in [0.5, 0.6) is 11.5 Å². The van der Waals surface area contributed by atoms with Gasteiger partial charge in [0.1, 0.15) is 0 Å². The molecular weight excluding hydrogens is 342 g/mol. The van der Waals surface area contributed by atoms with E-state index in [2.05, 4.69) is 21.6 Å². The number of nitrogens with zero attached hydrogens (tertiary/aromatic N) is 1. The first-order valence-electron chi connectivity index (χ1n) is 9.57. The number of carbonyl (C=O) groups is 1. The Morgan fingerprint density at radius 2 is 1.74 bits per heavy atom. The Labute approximate surface area is 159 Å². The van der Waals surface area contributed by atoms with Crippen LogP contribution < -0.4 is 25.0 Å². The van der Waals surface area contributed by atoms with Crippen molar-refractivity contribution < 1.29 is 14.3 Å². The summed E-state index contributed by atoms with van der Waals surface area (Å²) in [6, 6.07) is 13.5. The summed E-state index contributed by atoms with van der Waals surface area (Å²) >= 11 is 0. The van der Waals surface area contributed by atoms with Crippen LogP contribution >= 0.6 is 0 Å². The molecule has 6 heteroatoms. The molecule has 0 unspecified atom stereocenters. The van der Waals surface area contributed by atoms with Crippen molar-refractivity contribution in [1.82, 2.24) is 5.32 Å².